The topological polar surface area (TPSA) is 37.3 Å². The van der Waals surface area contributed by atoms with Crippen molar-refractivity contribution in [1.82, 2.24) is 4.98 Å². The summed E-state index contributed by atoms with van der Waals surface area (Å²) in [5.74, 6) is 0.583. The predicted octanol–water partition coefficient (Wildman–Crippen LogP) is 3.51. The third kappa shape index (κ3) is 2.92. The normalized spacial score (nSPS) is 20.5. The standard InChI is InChI=1S/C12H17N3S/c1-9-10(2)16-12(14-9)15-13-8-11-6-4-3-5-7-11/h3-4,8,11H,5-7H2,1-2H3,(H,14,15)/t11-/m1/s1. The fourth-order valence-corrected chi connectivity index (χ4v) is 2.44. The highest BCUT2D eigenvalue weighted by atomic mass is 32.1. The van der Waals surface area contributed by atoms with Crippen molar-refractivity contribution in [2.45, 2.75) is 33.1 Å². The van der Waals surface area contributed by atoms with Crippen molar-refractivity contribution in [3.63, 3.8) is 0 Å². The average molecular weight is 235 g/mol. The second-order valence-electron chi connectivity index (χ2n) is 4.10. The van der Waals surface area contributed by atoms with Crippen molar-refractivity contribution in [2.24, 2.45) is 11.0 Å². The number of anilines is 1. The van der Waals surface area contributed by atoms with Crippen LogP contribution in [0.5, 0.6) is 0 Å². The summed E-state index contributed by atoms with van der Waals surface area (Å²) in [4.78, 5) is 5.62. The Morgan fingerprint density at radius 1 is 1.50 bits per heavy atom. The highest BCUT2D eigenvalue weighted by Crippen LogP contribution is 2.21. The van der Waals surface area contributed by atoms with E-state index >= 15 is 0 Å². The molecular formula is C12H17N3S. The maximum Gasteiger partial charge on any atom is 0.203 e. The molecule has 4 heteroatoms. The van der Waals surface area contributed by atoms with E-state index in [4.69, 9.17) is 0 Å². The van der Waals surface area contributed by atoms with E-state index in [1.165, 1.54) is 17.7 Å². The van der Waals surface area contributed by atoms with Gasteiger partial charge in [0.15, 0.2) is 0 Å². The zero-order valence-electron chi connectivity index (χ0n) is 9.73. The second-order valence-corrected chi connectivity index (χ2v) is 5.30. The minimum atomic E-state index is 0.583. The number of nitrogens with one attached hydrogen (secondary N) is 1. The number of nitrogens with zero attached hydrogens (tertiary/aromatic N) is 2. The number of hydrogen-bond donors (Lipinski definition) is 1. The Morgan fingerprint density at radius 3 is 3.00 bits per heavy atom. The molecule has 0 spiro atoms. The van der Waals surface area contributed by atoms with Gasteiger partial charge in [-0.25, -0.2) is 4.98 Å². The van der Waals surface area contributed by atoms with Gasteiger partial charge < -0.3 is 0 Å². The summed E-state index contributed by atoms with van der Waals surface area (Å²) in [5.41, 5.74) is 4.09. The lowest BCUT2D eigenvalue weighted by Crippen LogP contribution is -2.04. The highest BCUT2D eigenvalue weighted by Gasteiger charge is 2.06. The largest absolute Gasteiger partial charge is 0.253 e. The van der Waals surface area contributed by atoms with Crippen LogP contribution in [0.4, 0.5) is 5.13 Å². The minimum absolute atomic E-state index is 0.583. The first-order valence-electron chi connectivity index (χ1n) is 5.64. The third-order valence-corrected chi connectivity index (χ3v) is 3.76. The summed E-state index contributed by atoms with van der Waals surface area (Å²) in [5, 5.41) is 5.15. The zero-order chi connectivity index (χ0) is 11.4. The fourth-order valence-electron chi connectivity index (χ4n) is 1.67. The molecule has 1 N–H and O–H groups in total. The third-order valence-electron chi connectivity index (χ3n) is 2.78. The highest BCUT2D eigenvalue weighted by molar-refractivity contribution is 7.15. The van der Waals surface area contributed by atoms with Crippen molar-refractivity contribution < 1.29 is 0 Å². The van der Waals surface area contributed by atoms with Gasteiger partial charge >= 0.3 is 0 Å². The predicted molar refractivity (Wildman–Crippen MR) is 70.2 cm³/mol. The molecule has 3 nitrogen and oxygen atoms in total. The Kier molecular flexibility index (Phi) is 3.72. The van der Waals surface area contributed by atoms with Crippen LogP contribution >= 0.6 is 11.3 Å². The van der Waals surface area contributed by atoms with E-state index in [0.29, 0.717) is 5.92 Å². The number of rotatable bonds is 3. The minimum Gasteiger partial charge on any atom is -0.253 e. The van der Waals surface area contributed by atoms with E-state index in [-0.39, 0.29) is 0 Å². The van der Waals surface area contributed by atoms with Crippen molar-refractivity contribution in [3.8, 4) is 0 Å². The van der Waals surface area contributed by atoms with Crippen LogP contribution in [0.1, 0.15) is 29.8 Å². The second kappa shape index (κ2) is 5.25. The summed E-state index contributed by atoms with van der Waals surface area (Å²) in [6, 6.07) is 0. The van der Waals surface area contributed by atoms with Crippen LogP contribution in [0.15, 0.2) is 17.3 Å². The van der Waals surface area contributed by atoms with Crippen molar-refractivity contribution in [3.05, 3.63) is 22.7 Å². The quantitative estimate of drug-likeness (QED) is 0.494. The smallest absolute Gasteiger partial charge is 0.203 e. The SMILES string of the molecule is Cc1nc(NN=C[C@@H]2CC=CCC2)sc1C. The van der Waals surface area contributed by atoms with Gasteiger partial charge in [-0.3, -0.25) is 5.43 Å². The molecule has 0 bridgehead atoms. The van der Waals surface area contributed by atoms with Gasteiger partial charge in [0.05, 0.1) is 5.69 Å². The molecule has 0 saturated carbocycles. The Labute approximate surface area is 100 Å². The van der Waals surface area contributed by atoms with Crippen molar-refractivity contribution in [1.29, 1.82) is 0 Å². The van der Waals surface area contributed by atoms with Crippen LogP contribution in [0.3, 0.4) is 0 Å². The summed E-state index contributed by atoms with van der Waals surface area (Å²) in [6.07, 6.45) is 9.98. The molecule has 1 aliphatic carbocycles. The van der Waals surface area contributed by atoms with Gasteiger partial charge in [0.1, 0.15) is 0 Å². The van der Waals surface area contributed by atoms with E-state index in [1.807, 2.05) is 13.1 Å². The molecule has 1 aliphatic rings. The van der Waals surface area contributed by atoms with E-state index in [9.17, 15) is 0 Å². The van der Waals surface area contributed by atoms with Gasteiger partial charge in [-0.1, -0.05) is 12.2 Å². The van der Waals surface area contributed by atoms with Gasteiger partial charge in [-0.2, -0.15) is 5.10 Å². The molecule has 1 aromatic heterocycles. The number of allylic oxidation sites excluding steroid dienone is 2. The lowest BCUT2D eigenvalue weighted by Gasteiger charge is -2.11. The van der Waals surface area contributed by atoms with E-state index in [1.54, 1.807) is 11.3 Å². The first-order chi connectivity index (χ1) is 7.75. The molecule has 2 rings (SSSR count). The molecule has 0 aromatic carbocycles. The van der Waals surface area contributed by atoms with Gasteiger partial charge in [-0.05, 0) is 39.0 Å². The summed E-state index contributed by atoms with van der Waals surface area (Å²) in [7, 11) is 0. The molecule has 0 fully saturated rings. The molecule has 0 radical (unpaired) electrons. The number of hydrogen-bond acceptors (Lipinski definition) is 4. The number of aromatic nitrogens is 1. The first kappa shape index (κ1) is 11.3. The maximum absolute atomic E-state index is 4.37. The maximum atomic E-state index is 4.37. The summed E-state index contributed by atoms with van der Waals surface area (Å²) >= 11 is 1.65. The molecule has 1 atom stereocenters. The number of thiazole rings is 1. The van der Waals surface area contributed by atoms with Crippen molar-refractivity contribution >= 4 is 22.7 Å². The number of hydrazone groups is 1. The van der Waals surface area contributed by atoms with Gasteiger partial charge in [0.25, 0.3) is 0 Å². The van der Waals surface area contributed by atoms with Crippen LogP contribution in [0.25, 0.3) is 0 Å². The lowest BCUT2D eigenvalue weighted by atomic mass is 9.96. The summed E-state index contributed by atoms with van der Waals surface area (Å²) in [6.45, 7) is 4.10. The summed E-state index contributed by atoms with van der Waals surface area (Å²) < 4.78 is 0. The van der Waals surface area contributed by atoms with Crippen LogP contribution in [-0.2, 0) is 0 Å². The molecular weight excluding hydrogens is 218 g/mol. The fraction of sp³-hybridized carbons (Fsp3) is 0.500. The Balaban J connectivity index is 1.86. The molecule has 0 amide bonds. The monoisotopic (exact) mass is 235 g/mol. The van der Waals surface area contributed by atoms with Crippen LogP contribution < -0.4 is 5.43 Å². The molecule has 1 aromatic rings. The molecule has 16 heavy (non-hydrogen) atoms. The van der Waals surface area contributed by atoms with E-state index in [2.05, 4.69) is 34.6 Å². The Morgan fingerprint density at radius 2 is 2.38 bits per heavy atom. The van der Waals surface area contributed by atoms with Gasteiger partial charge in [0.2, 0.25) is 5.13 Å². The Hall–Kier alpha value is -1.16. The molecule has 1 heterocycles. The molecule has 86 valence electrons. The molecule has 0 unspecified atom stereocenters. The lowest BCUT2D eigenvalue weighted by molar-refractivity contribution is 0.627. The first-order valence-corrected chi connectivity index (χ1v) is 6.45. The van der Waals surface area contributed by atoms with Gasteiger partial charge in [-0.15, -0.1) is 11.3 Å². The van der Waals surface area contributed by atoms with E-state index in [0.717, 1.165) is 17.2 Å². The average Bonchev–Trinajstić information content (AvgIpc) is 2.60. The van der Waals surface area contributed by atoms with Gasteiger partial charge in [0, 0.05) is 11.1 Å². The number of aryl methyl sites for hydroxylation is 2. The molecule has 0 saturated heterocycles. The Bertz CT molecular complexity index is 387. The van der Waals surface area contributed by atoms with Crippen molar-refractivity contribution in [2.75, 3.05) is 5.43 Å². The van der Waals surface area contributed by atoms with Crippen LogP contribution in [-0.4, -0.2) is 11.2 Å². The van der Waals surface area contributed by atoms with E-state index < -0.39 is 0 Å². The zero-order valence-corrected chi connectivity index (χ0v) is 10.5. The van der Waals surface area contributed by atoms with Crippen LogP contribution in [0, 0.1) is 19.8 Å². The molecule has 0 aliphatic heterocycles. The van der Waals surface area contributed by atoms with Crippen LogP contribution in [0.2, 0.25) is 0 Å².